The number of hydrogen-bond acceptors (Lipinski definition) is 2. The van der Waals surface area contributed by atoms with Gasteiger partial charge in [0.25, 0.3) is 0 Å². The summed E-state index contributed by atoms with van der Waals surface area (Å²) in [6.07, 6.45) is -5.66. The molecule has 0 aliphatic heterocycles. The van der Waals surface area contributed by atoms with Crippen molar-refractivity contribution in [2.24, 2.45) is 0 Å². The summed E-state index contributed by atoms with van der Waals surface area (Å²) >= 11 is 0. The number of rotatable bonds is 4. The van der Waals surface area contributed by atoms with Gasteiger partial charge >= 0.3 is 12.1 Å². The molecule has 98 valence electrons. The minimum Gasteiger partial charge on any atom is -0.378 e. The zero-order valence-corrected chi connectivity index (χ0v) is 9.06. The molecule has 0 spiro atoms. The molecule has 1 aromatic rings. The van der Waals surface area contributed by atoms with Gasteiger partial charge in [-0.15, -0.1) is 0 Å². The Bertz CT molecular complexity index is 447. The third-order valence-corrected chi connectivity index (χ3v) is 2.20. The van der Waals surface area contributed by atoms with Crippen molar-refractivity contribution in [2.45, 2.75) is 18.5 Å². The van der Waals surface area contributed by atoms with Gasteiger partial charge in [0.05, 0.1) is 19.0 Å². The van der Waals surface area contributed by atoms with Crippen LogP contribution >= 0.6 is 0 Å². The number of nitrogens with zero attached hydrogens (tertiary/aromatic N) is 1. The van der Waals surface area contributed by atoms with Crippen LogP contribution in [0, 0.1) is 11.3 Å². The molecule has 0 fully saturated rings. The van der Waals surface area contributed by atoms with Crippen LogP contribution in [0.15, 0.2) is 24.3 Å². The van der Waals surface area contributed by atoms with Crippen LogP contribution in [-0.2, 0) is 6.42 Å². The first kappa shape index (κ1) is 14.2. The zero-order chi connectivity index (χ0) is 13.8. The van der Waals surface area contributed by atoms with Gasteiger partial charge in [0, 0.05) is 5.69 Å². The Hall–Kier alpha value is -1.84. The number of alkyl halides is 5. The van der Waals surface area contributed by atoms with Gasteiger partial charge in [0.15, 0.2) is 0 Å². The zero-order valence-electron chi connectivity index (χ0n) is 9.06. The summed E-state index contributed by atoms with van der Waals surface area (Å²) in [5, 5.41) is 10.5. The van der Waals surface area contributed by atoms with Crippen molar-refractivity contribution in [1.29, 1.82) is 5.26 Å². The average Bonchev–Trinajstić information content (AvgIpc) is 2.27. The predicted molar refractivity (Wildman–Crippen MR) is 55.3 cm³/mol. The Labute approximate surface area is 100 Å². The van der Waals surface area contributed by atoms with E-state index in [2.05, 4.69) is 0 Å². The molecular formula is C11H9F5N2. The molecular weight excluding hydrogens is 255 g/mol. The highest BCUT2D eigenvalue weighted by atomic mass is 19.4. The van der Waals surface area contributed by atoms with E-state index in [1.54, 1.807) is 12.1 Å². The number of anilines is 1. The van der Waals surface area contributed by atoms with Crippen molar-refractivity contribution >= 4 is 5.69 Å². The van der Waals surface area contributed by atoms with Crippen molar-refractivity contribution in [3.05, 3.63) is 29.8 Å². The van der Waals surface area contributed by atoms with Crippen LogP contribution in [-0.4, -0.2) is 18.6 Å². The highest BCUT2D eigenvalue weighted by Gasteiger charge is 2.57. The molecule has 7 heteroatoms. The Morgan fingerprint density at radius 3 is 2.28 bits per heavy atom. The third-order valence-electron chi connectivity index (χ3n) is 2.20. The van der Waals surface area contributed by atoms with E-state index < -0.39 is 18.6 Å². The summed E-state index contributed by atoms with van der Waals surface area (Å²) < 4.78 is 61.2. The monoisotopic (exact) mass is 264 g/mol. The van der Waals surface area contributed by atoms with E-state index in [4.69, 9.17) is 5.26 Å². The Morgan fingerprint density at radius 1 is 1.11 bits per heavy atom. The molecule has 0 saturated heterocycles. The summed E-state index contributed by atoms with van der Waals surface area (Å²) in [7, 11) is 0. The van der Waals surface area contributed by atoms with Crippen LogP contribution in [0.1, 0.15) is 5.56 Å². The van der Waals surface area contributed by atoms with E-state index in [-0.39, 0.29) is 12.1 Å². The largest absolute Gasteiger partial charge is 0.455 e. The maximum atomic E-state index is 12.7. The Kier molecular flexibility index (Phi) is 4.11. The van der Waals surface area contributed by atoms with Gasteiger partial charge in [-0.2, -0.15) is 27.2 Å². The first-order chi connectivity index (χ1) is 8.28. The second-order valence-corrected chi connectivity index (χ2v) is 3.55. The number of benzene rings is 1. The average molecular weight is 264 g/mol. The maximum Gasteiger partial charge on any atom is 0.455 e. The van der Waals surface area contributed by atoms with Crippen LogP contribution in [0.2, 0.25) is 0 Å². The number of nitrogens with one attached hydrogen (secondary N) is 1. The summed E-state index contributed by atoms with van der Waals surface area (Å²) in [6, 6.07) is 7.68. The molecule has 0 amide bonds. The summed E-state index contributed by atoms with van der Waals surface area (Å²) in [6.45, 7) is -1.56. The van der Waals surface area contributed by atoms with Crippen molar-refractivity contribution in [1.82, 2.24) is 0 Å². The van der Waals surface area contributed by atoms with E-state index in [1.165, 1.54) is 18.2 Å². The smallest absolute Gasteiger partial charge is 0.378 e. The number of para-hydroxylation sites is 1. The SMILES string of the molecule is N#CCc1ccccc1NCC(F)(F)C(F)(F)F. The lowest BCUT2D eigenvalue weighted by Gasteiger charge is -2.21. The third kappa shape index (κ3) is 3.32. The van der Waals surface area contributed by atoms with Gasteiger partial charge in [0.1, 0.15) is 0 Å². The van der Waals surface area contributed by atoms with Crippen LogP contribution in [0.4, 0.5) is 27.6 Å². The fraction of sp³-hybridized carbons (Fsp3) is 0.364. The first-order valence-corrected chi connectivity index (χ1v) is 4.91. The molecule has 1 rings (SSSR count). The van der Waals surface area contributed by atoms with Crippen LogP contribution in [0.3, 0.4) is 0 Å². The van der Waals surface area contributed by atoms with Gasteiger partial charge in [-0.25, -0.2) is 0 Å². The van der Waals surface area contributed by atoms with Gasteiger partial charge in [-0.1, -0.05) is 18.2 Å². The molecule has 0 atom stereocenters. The highest BCUT2D eigenvalue weighted by molar-refractivity contribution is 5.52. The first-order valence-electron chi connectivity index (χ1n) is 4.91. The molecule has 0 radical (unpaired) electrons. The summed E-state index contributed by atoms with van der Waals surface area (Å²) in [5.74, 6) is -4.81. The minimum absolute atomic E-state index is 0.0687. The topological polar surface area (TPSA) is 35.8 Å². The minimum atomic E-state index is -5.59. The van der Waals surface area contributed by atoms with Crippen LogP contribution < -0.4 is 5.32 Å². The van der Waals surface area contributed by atoms with E-state index >= 15 is 0 Å². The van der Waals surface area contributed by atoms with Gasteiger partial charge < -0.3 is 5.32 Å². The van der Waals surface area contributed by atoms with Gasteiger partial charge in [-0.05, 0) is 11.6 Å². The lowest BCUT2D eigenvalue weighted by molar-refractivity contribution is -0.275. The fourth-order valence-corrected chi connectivity index (χ4v) is 1.24. The Balaban J connectivity index is 2.78. The lowest BCUT2D eigenvalue weighted by atomic mass is 10.1. The standard InChI is InChI=1S/C11H9F5N2/c12-10(13,11(14,15)16)7-18-9-4-2-1-3-8(9)5-6-17/h1-4,18H,5,7H2. The van der Waals surface area contributed by atoms with Crippen LogP contribution in [0.25, 0.3) is 0 Å². The van der Waals surface area contributed by atoms with Crippen molar-refractivity contribution in [3.63, 3.8) is 0 Å². The van der Waals surface area contributed by atoms with E-state index in [1.807, 2.05) is 5.32 Å². The number of nitriles is 1. The molecule has 1 aromatic carbocycles. The molecule has 0 saturated carbocycles. The molecule has 0 unspecified atom stereocenters. The Morgan fingerprint density at radius 2 is 1.72 bits per heavy atom. The van der Waals surface area contributed by atoms with E-state index in [0.717, 1.165) is 0 Å². The number of hydrogen-bond donors (Lipinski definition) is 1. The molecule has 1 N–H and O–H groups in total. The second-order valence-electron chi connectivity index (χ2n) is 3.55. The highest BCUT2D eigenvalue weighted by Crippen LogP contribution is 2.35. The van der Waals surface area contributed by atoms with E-state index in [0.29, 0.717) is 5.56 Å². The predicted octanol–water partition coefficient (Wildman–Crippen LogP) is 3.36. The maximum absolute atomic E-state index is 12.7. The molecule has 0 aromatic heterocycles. The summed E-state index contributed by atoms with van der Waals surface area (Å²) in [4.78, 5) is 0. The number of halogens is 5. The van der Waals surface area contributed by atoms with E-state index in [9.17, 15) is 22.0 Å². The van der Waals surface area contributed by atoms with Crippen LogP contribution in [0.5, 0.6) is 0 Å². The normalized spacial score (nSPS) is 12.0. The molecule has 0 heterocycles. The molecule has 0 bridgehead atoms. The molecule has 18 heavy (non-hydrogen) atoms. The quantitative estimate of drug-likeness (QED) is 0.846. The fourth-order valence-electron chi connectivity index (χ4n) is 1.24. The van der Waals surface area contributed by atoms with Crippen molar-refractivity contribution in [2.75, 3.05) is 11.9 Å². The summed E-state index contributed by atoms with van der Waals surface area (Å²) in [5.41, 5.74) is 0.473. The van der Waals surface area contributed by atoms with Crippen molar-refractivity contribution < 1.29 is 22.0 Å². The molecule has 0 aliphatic carbocycles. The van der Waals surface area contributed by atoms with Crippen molar-refractivity contribution in [3.8, 4) is 6.07 Å². The van der Waals surface area contributed by atoms with Gasteiger partial charge in [0.2, 0.25) is 0 Å². The molecule has 2 nitrogen and oxygen atoms in total. The second kappa shape index (κ2) is 5.21. The molecule has 0 aliphatic rings. The lowest BCUT2D eigenvalue weighted by Crippen LogP contribution is -2.42. The van der Waals surface area contributed by atoms with Gasteiger partial charge in [-0.3, -0.25) is 0 Å².